The average Bonchev–Trinajstić information content (AvgIpc) is 3.12. The van der Waals surface area contributed by atoms with E-state index in [1.807, 2.05) is 6.92 Å². The molecule has 8 heteroatoms. The standard InChI is InChI=1S/C22H22F4N2OS/c1-2-3-4-10-29-20-9-8-17(13-19(20)22(24,25)26)27-21-28-18(14-30-21)12-15-6-5-7-16(23)11-15/h5-9,11,13-14H,2-4,10,12H2,1H3,(H,27,28). The highest BCUT2D eigenvalue weighted by atomic mass is 32.1. The molecule has 1 heterocycles. The maximum absolute atomic E-state index is 13.5. The maximum Gasteiger partial charge on any atom is 0.420 e. The highest BCUT2D eigenvalue weighted by Crippen LogP contribution is 2.38. The zero-order valence-corrected chi connectivity index (χ0v) is 17.2. The Kier molecular flexibility index (Phi) is 7.31. The van der Waals surface area contributed by atoms with Crippen LogP contribution in [0.1, 0.15) is 43.0 Å². The minimum Gasteiger partial charge on any atom is -0.493 e. The number of nitrogens with zero attached hydrogens (tertiary/aromatic N) is 1. The van der Waals surface area contributed by atoms with Gasteiger partial charge in [0.1, 0.15) is 11.6 Å². The zero-order chi connectivity index (χ0) is 21.6. The molecule has 30 heavy (non-hydrogen) atoms. The van der Waals surface area contributed by atoms with Gasteiger partial charge in [0.05, 0.1) is 17.9 Å². The number of thiazole rings is 1. The van der Waals surface area contributed by atoms with Gasteiger partial charge in [-0.15, -0.1) is 11.3 Å². The SMILES string of the molecule is CCCCCOc1ccc(Nc2nc(Cc3cccc(F)c3)cs2)cc1C(F)(F)F. The Hall–Kier alpha value is -2.61. The molecule has 3 nitrogen and oxygen atoms in total. The average molecular weight is 438 g/mol. The Morgan fingerprint density at radius 2 is 1.93 bits per heavy atom. The van der Waals surface area contributed by atoms with Crippen molar-refractivity contribution in [3.05, 3.63) is 70.5 Å². The summed E-state index contributed by atoms with van der Waals surface area (Å²) in [5, 5.41) is 5.17. The van der Waals surface area contributed by atoms with Gasteiger partial charge in [-0.05, 0) is 42.3 Å². The van der Waals surface area contributed by atoms with Gasteiger partial charge in [0.15, 0.2) is 5.13 Å². The molecule has 0 saturated carbocycles. The molecule has 0 saturated heterocycles. The fourth-order valence-corrected chi connectivity index (χ4v) is 3.64. The first-order chi connectivity index (χ1) is 14.3. The minimum absolute atomic E-state index is 0.171. The summed E-state index contributed by atoms with van der Waals surface area (Å²) in [5.74, 6) is -0.493. The summed E-state index contributed by atoms with van der Waals surface area (Å²) in [6.07, 6.45) is -1.51. The molecule has 0 bridgehead atoms. The molecule has 0 spiro atoms. The number of anilines is 2. The first kappa shape index (κ1) is 22.1. The predicted octanol–water partition coefficient (Wildman–Crippen LogP) is 7.20. The van der Waals surface area contributed by atoms with E-state index in [4.69, 9.17) is 4.74 Å². The van der Waals surface area contributed by atoms with Crippen molar-refractivity contribution in [3.63, 3.8) is 0 Å². The number of alkyl halides is 3. The Bertz CT molecular complexity index is 972. The van der Waals surface area contributed by atoms with E-state index in [1.54, 1.807) is 17.5 Å². The van der Waals surface area contributed by atoms with Gasteiger partial charge in [0, 0.05) is 17.5 Å². The molecular weight excluding hydrogens is 416 g/mol. The van der Waals surface area contributed by atoms with Crippen LogP contribution in [0, 0.1) is 5.82 Å². The van der Waals surface area contributed by atoms with Gasteiger partial charge in [-0.2, -0.15) is 13.2 Å². The van der Waals surface area contributed by atoms with Gasteiger partial charge in [0.2, 0.25) is 0 Å². The second-order valence-corrected chi connectivity index (χ2v) is 7.70. The minimum atomic E-state index is -4.52. The van der Waals surface area contributed by atoms with Crippen LogP contribution in [-0.4, -0.2) is 11.6 Å². The lowest BCUT2D eigenvalue weighted by atomic mass is 10.1. The summed E-state index contributed by atoms with van der Waals surface area (Å²) >= 11 is 1.28. The Balaban J connectivity index is 1.71. The lowest BCUT2D eigenvalue weighted by Gasteiger charge is -2.15. The molecule has 160 valence electrons. The number of benzene rings is 2. The third-order valence-corrected chi connectivity index (χ3v) is 5.17. The quantitative estimate of drug-likeness (QED) is 0.283. The van der Waals surface area contributed by atoms with Crippen molar-refractivity contribution in [3.8, 4) is 5.75 Å². The molecule has 2 aromatic carbocycles. The van der Waals surface area contributed by atoms with Crippen molar-refractivity contribution in [2.24, 2.45) is 0 Å². The van der Waals surface area contributed by atoms with Crippen LogP contribution >= 0.6 is 11.3 Å². The number of nitrogens with one attached hydrogen (secondary N) is 1. The summed E-state index contributed by atoms with van der Waals surface area (Å²) < 4.78 is 59.1. The lowest BCUT2D eigenvalue weighted by molar-refractivity contribution is -0.138. The fourth-order valence-electron chi connectivity index (χ4n) is 2.91. The predicted molar refractivity (Wildman–Crippen MR) is 111 cm³/mol. The third kappa shape index (κ3) is 6.19. The number of aromatic nitrogens is 1. The number of rotatable bonds is 9. The molecule has 0 radical (unpaired) electrons. The largest absolute Gasteiger partial charge is 0.493 e. The molecule has 3 rings (SSSR count). The van der Waals surface area contributed by atoms with Crippen LogP contribution in [-0.2, 0) is 12.6 Å². The Morgan fingerprint density at radius 1 is 1.10 bits per heavy atom. The summed E-state index contributed by atoms with van der Waals surface area (Å²) in [6.45, 7) is 2.27. The van der Waals surface area contributed by atoms with E-state index in [2.05, 4.69) is 10.3 Å². The second-order valence-electron chi connectivity index (χ2n) is 6.84. The zero-order valence-electron chi connectivity index (χ0n) is 16.4. The number of halogens is 4. The van der Waals surface area contributed by atoms with E-state index in [0.717, 1.165) is 24.5 Å². The van der Waals surface area contributed by atoms with Gasteiger partial charge in [-0.3, -0.25) is 0 Å². The second kappa shape index (κ2) is 9.93. The Morgan fingerprint density at radius 3 is 2.67 bits per heavy atom. The Labute approximate surface area is 176 Å². The van der Waals surface area contributed by atoms with Gasteiger partial charge in [-0.25, -0.2) is 9.37 Å². The third-order valence-electron chi connectivity index (χ3n) is 4.37. The smallest absolute Gasteiger partial charge is 0.420 e. The molecular formula is C22H22F4N2OS. The number of ether oxygens (including phenoxy) is 1. The van der Waals surface area contributed by atoms with Crippen molar-refractivity contribution < 1.29 is 22.3 Å². The summed E-state index contributed by atoms with van der Waals surface area (Å²) in [6, 6.07) is 10.1. The number of unbranched alkanes of at least 4 members (excludes halogenated alkanes) is 2. The highest BCUT2D eigenvalue weighted by molar-refractivity contribution is 7.13. The van der Waals surface area contributed by atoms with Gasteiger partial charge >= 0.3 is 6.18 Å². The molecule has 0 amide bonds. The van der Waals surface area contributed by atoms with E-state index in [1.165, 1.54) is 35.6 Å². The topological polar surface area (TPSA) is 34.1 Å². The molecule has 0 fully saturated rings. The van der Waals surface area contributed by atoms with Crippen molar-refractivity contribution in [1.29, 1.82) is 0 Å². The van der Waals surface area contributed by atoms with Crippen molar-refractivity contribution in [2.45, 2.75) is 38.8 Å². The van der Waals surface area contributed by atoms with Crippen LogP contribution in [0.4, 0.5) is 28.4 Å². The van der Waals surface area contributed by atoms with E-state index in [0.29, 0.717) is 23.7 Å². The monoisotopic (exact) mass is 438 g/mol. The highest BCUT2D eigenvalue weighted by Gasteiger charge is 2.34. The molecule has 0 aliphatic rings. The molecule has 1 aromatic heterocycles. The van der Waals surface area contributed by atoms with Crippen LogP contribution in [0.25, 0.3) is 0 Å². The van der Waals surface area contributed by atoms with E-state index < -0.39 is 11.7 Å². The molecule has 0 unspecified atom stereocenters. The molecule has 3 aromatic rings. The fraction of sp³-hybridized carbons (Fsp3) is 0.318. The maximum atomic E-state index is 13.5. The van der Waals surface area contributed by atoms with E-state index >= 15 is 0 Å². The van der Waals surface area contributed by atoms with Crippen LogP contribution in [0.5, 0.6) is 5.75 Å². The first-order valence-corrected chi connectivity index (χ1v) is 10.5. The van der Waals surface area contributed by atoms with Crippen LogP contribution in [0.3, 0.4) is 0 Å². The first-order valence-electron chi connectivity index (χ1n) is 9.65. The normalized spacial score (nSPS) is 11.5. The van der Waals surface area contributed by atoms with Crippen LogP contribution in [0.2, 0.25) is 0 Å². The number of hydrogen-bond donors (Lipinski definition) is 1. The van der Waals surface area contributed by atoms with E-state index in [-0.39, 0.29) is 23.9 Å². The molecule has 0 atom stereocenters. The lowest BCUT2D eigenvalue weighted by Crippen LogP contribution is -2.10. The van der Waals surface area contributed by atoms with Gasteiger partial charge < -0.3 is 10.1 Å². The molecule has 0 aliphatic carbocycles. The van der Waals surface area contributed by atoms with Crippen LogP contribution in [0.15, 0.2) is 47.8 Å². The molecule has 0 aliphatic heterocycles. The number of hydrogen-bond acceptors (Lipinski definition) is 4. The summed E-state index contributed by atoms with van der Waals surface area (Å²) in [7, 11) is 0. The summed E-state index contributed by atoms with van der Waals surface area (Å²) in [5.41, 5.74) is 0.936. The van der Waals surface area contributed by atoms with Gasteiger partial charge in [0.25, 0.3) is 0 Å². The molecule has 1 N–H and O–H groups in total. The van der Waals surface area contributed by atoms with Crippen molar-refractivity contribution in [1.82, 2.24) is 4.98 Å². The summed E-state index contributed by atoms with van der Waals surface area (Å²) in [4.78, 5) is 4.39. The van der Waals surface area contributed by atoms with Gasteiger partial charge in [-0.1, -0.05) is 31.9 Å². The van der Waals surface area contributed by atoms with Crippen LogP contribution < -0.4 is 10.1 Å². The van der Waals surface area contributed by atoms with E-state index in [9.17, 15) is 17.6 Å². The van der Waals surface area contributed by atoms with Crippen molar-refractivity contribution >= 4 is 22.2 Å². The van der Waals surface area contributed by atoms with Crippen molar-refractivity contribution in [2.75, 3.05) is 11.9 Å².